The highest BCUT2D eigenvalue weighted by molar-refractivity contribution is 6.30. The zero-order chi connectivity index (χ0) is 26.3. The number of rotatable bonds is 9. The molecule has 38 heavy (non-hydrogen) atoms. The number of benzene rings is 5. The summed E-state index contributed by atoms with van der Waals surface area (Å²) in [5, 5.41) is 0.592. The molecule has 0 N–H and O–H groups in total. The van der Waals surface area contributed by atoms with Crippen molar-refractivity contribution in [2.24, 2.45) is 0 Å². The average molecular weight is 523 g/mol. The lowest BCUT2D eigenvalue weighted by molar-refractivity contribution is 0.103. The summed E-state index contributed by atoms with van der Waals surface area (Å²) in [6.45, 7) is 0. The predicted octanol–water partition coefficient (Wildman–Crippen LogP) is 8.96. The average Bonchev–Trinajstić information content (AvgIpc) is 2.95. The molecule has 0 fully saturated rings. The Morgan fingerprint density at radius 3 is 1.32 bits per heavy atom. The van der Waals surface area contributed by atoms with E-state index in [-0.39, 0.29) is 5.78 Å². The molecule has 0 aliphatic heterocycles. The molecule has 0 aliphatic carbocycles. The van der Waals surface area contributed by atoms with Crippen LogP contribution in [0.1, 0.15) is 15.9 Å². The van der Waals surface area contributed by atoms with Gasteiger partial charge in [0.1, 0.15) is 40.2 Å². The van der Waals surface area contributed by atoms with Gasteiger partial charge in [-0.15, -0.1) is 0 Å². The summed E-state index contributed by atoms with van der Waals surface area (Å²) in [4.78, 5) is 12.6. The first-order valence-electron chi connectivity index (χ1n) is 11.8. The van der Waals surface area contributed by atoms with Crippen LogP contribution in [0.15, 0.2) is 121 Å². The van der Waals surface area contributed by atoms with Crippen molar-refractivity contribution in [2.45, 2.75) is 0 Å². The summed E-state index contributed by atoms with van der Waals surface area (Å²) in [6, 6.07) is 35.9. The Hall–Kier alpha value is -4.74. The molecule has 0 saturated heterocycles. The minimum atomic E-state index is -0.0758. The molecule has 0 aromatic heterocycles. The first kappa shape index (κ1) is 24.9. The summed E-state index contributed by atoms with van der Waals surface area (Å²) in [5.41, 5.74) is 1.15. The van der Waals surface area contributed by atoms with Crippen LogP contribution < -0.4 is 18.9 Å². The second kappa shape index (κ2) is 11.5. The molecule has 0 aliphatic rings. The van der Waals surface area contributed by atoms with E-state index in [1.165, 1.54) is 0 Å². The van der Waals surface area contributed by atoms with E-state index < -0.39 is 0 Å². The Labute approximate surface area is 225 Å². The second-order valence-corrected chi connectivity index (χ2v) is 8.72. The van der Waals surface area contributed by atoms with Gasteiger partial charge >= 0.3 is 0 Å². The monoisotopic (exact) mass is 522 g/mol. The highest BCUT2D eigenvalue weighted by atomic mass is 35.5. The van der Waals surface area contributed by atoms with Crippen LogP contribution in [0.5, 0.6) is 40.2 Å². The number of ether oxygens (including phenoxy) is 4. The van der Waals surface area contributed by atoms with Crippen molar-refractivity contribution < 1.29 is 23.7 Å². The van der Waals surface area contributed by atoms with Gasteiger partial charge in [-0.1, -0.05) is 17.7 Å². The van der Waals surface area contributed by atoms with Crippen molar-refractivity contribution >= 4 is 17.4 Å². The highest BCUT2D eigenvalue weighted by Gasteiger charge is 2.09. The molecule has 0 bridgehead atoms. The number of methoxy groups -OCH3 is 1. The van der Waals surface area contributed by atoms with Crippen molar-refractivity contribution in [3.63, 3.8) is 0 Å². The lowest BCUT2D eigenvalue weighted by atomic mass is 10.0. The largest absolute Gasteiger partial charge is 0.497 e. The summed E-state index contributed by atoms with van der Waals surface area (Å²) in [5.74, 6) is 4.61. The van der Waals surface area contributed by atoms with E-state index >= 15 is 0 Å². The van der Waals surface area contributed by atoms with Gasteiger partial charge in [-0.3, -0.25) is 4.79 Å². The predicted molar refractivity (Wildman–Crippen MR) is 147 cm³/mol. The minimum absolute atomic E-state index is 0.0758. The summed E-state index contributed by atoms with van der Waals surface area (Å²) < 4.78 is 23.0. The smallest absolute Gasteiger partial charge is 0.193 e. The van der Waals surface area contributed by atoms with Crippen LogP contribution >= 0.6 is 11.6 Å². The molecule has 5 aromatic carbocycles. The van der Waals surface area contributed by atoms with Gasteiger partial charge in [-0.05, 0) is 109 Å². The lowest BCUT2D eigenvalue weighted by Gasteiger charge is -2.11. The van der Waals surface area contributed by atoms with Crippen molar-refractivity contribution in [1.29, 1.82) is 0 Å². The maximum Gasteiger partial charge on any atom is 0.193 e. The van der Waals surface area contributed by atoms with E-state index in [2.05, 4.69) is 0 Å². The van der Waals surface area contributed by atoms with E-state index in [0.29, 0.717) is 50.6 Å². The molecule has 0 spiro atoms. The maximum atomic E-state index is 12.6. The van der Waals surface area contributed by atoms with Crippen molar-refractivity contribution in [3.8, 4) is 40.2 Å². The van der Waals surface area contributed by atoms with E-state index in [1.54, 1.807) is 55.6 Å². The van der Waals surface area contributed by atoms with Gasteiger partial charge in [0.05, 0.1) is 7.11 Å². The Balaban J connectivity index is 1.19. The third-order valence-electron chi connectivity index (χ3n) is 5.62. The molecule has 6 heteroatoms. The molecular weight excluding hydrogens is 500 g/mol. The number of hydrogen-bond donors (Lipinski definition) is 0. The molecule has 0 radical (unpaired) electrons. The van der Waals surface area contributed by atoms with Crippen LogP contribution in [0.2, 0.25) is 5.02 Å². The Morgan fingerprint density at radius 2 is 0.868 bits per heavy atom. The van der Waals surface area contributed by atoms with Crippen molar-refractivity contribution in [3.05, 3.63) is 137 Å². The zero-order valence-corrected chi connectivity index (χ0v) is 21.2. The van der Waals surface area contributed by atoms with Crippen LogP contribution in [-0.2, 0) is 0 Å². The molecule has 188 valence electrons. The van der Waals surface area contributed by atoms with Crippen LogP contribution in [-0.4, -0.2) is 12.9 Å². The van der Waals surface area contributed by atoms with Gasteiger partial charge < -0.3 is 18.9 Å². The van der Waals surface area contributed by atoms with E-state index in [9.17, 15) is 4.79 Å². The van der Waals surface area contributed by atoms with E-state index in [4.69, 9.17) is 30.5 Å². The third-order valence-corrected chi connectivity index (χ3v) is 5.87. The SMILES string of the molecule is COc1ccc(Oc2cccc(Oc3ccc(Oc4ccc(C(=O)c5ccc(Cl)cc5)cc4)cc3)c2)cc1. The molecule has 5 nitrogen and oxygen atoms in total. The van der Waals surface area contributed by atoms with Crippen molar-refractivity contribution in [1.82, 2.24) is 0 Å². The first-order chi connectivity index (χ1) is 18.6. The quantitative estimate of drug-likeness (QED) is 0.181. The molecule has 0 saturated carbocycles. The topological polar surface area (TPSA) is 54.0 Å². The lowest BCUT2D eigenvalue weighted by Crippen LogP contribution is -2.00. The molecule has 5 aromatic rings. The third kappa shape index (κ3) is 6.33. The Morgan fingerprint density at radius 1 is 0.500 bits per heavy atom. The van der Waals surface area contributed by atoms with Crippen molar-refractivity contribution in [2.75, 3.05) is 7.11 Å². The number of carbonyl (C=O) groups is 1. The van der Waals surface area contributed by atoms with Crippen LogP contribution in [0.4, 0.5) is 0 Å². The van der Waals surface area contributed by atoms with Gasteiger partial charge in [0, 0.05) is 22.2 Å². The zero-order valence-electron chi connectivity index (χ0n) is 20.5. The fourth-order valence-corrected chi connectivity index (χ4v) is 3.80. The van der Waals surface area contributed by atoms with Crippen LogP contribution in [0, 0.1) is 0 Å². The van der Waals surface area contributed by atoms with Crippen LogP contribution in [0.25, 0.3) is 0 Å². The Bertz CT molecular complexity index is 1510. The van der Waals surface area contributed by atoms with E-state index in [0.717, 1.165) is 5.75 Å². The summed E-state index contributed by atoms with van der Waals surface area (Å²) >= 11 is 5.91. The Kier molecular flexibility index (Phi) is 7.57. The number of carbonyl (C=O) groups excluding carboxylic acids is 1. The molecular formula is C32H23ClO5. The van der Waals surface area contributed by atoms with Gasteiger partial charge in [0.15, 0.2) is 5.78 Å². The number of halogens is 1. The van der Waals surface area contributed by atoms with Gasteiger partial charge in [-0.2, -0.15) is 0 Å². The molecule has 0 atom stereocenters. The molecule has 0 unspecified atom stereocenters. The standard InChI is InChI=1S/C32H23ClO5/c1-35-25-13-15-28(16-14-25)37-30-3-2-4-31(21-30)38-29-19-17-27(18-20-29)36-26-11-7-23(8-12-26)32(34)22-5-9-24(33)10-6-22/h2-21H,1H3. The molecule has 0 amide bonds. The van der Waals surface area contributed by atoms with Gasteiger partial charge in [-0.25, -0.2) is 0 Å². The summed E-state index contributed by atoms with van der Waals surface area (Å²) in [6.07, 6.45) is 0. The van der Waals surface area contributed by atoms with Crippen LogP contribution in [0.3, 0.4) is 0 Å². The van der Waals surface area contributed by atoms with Gasteiger partial charge in [0.25, 0.3) is 0 Å². The minimum Gasteiger partial charge on any atom is -0.497 e. The molecule has 5 rings (SSSR count). The number of hydrogen-bond acceptors (Lipinski definition) is 5. The number of ketones is 1. The maximum absolute atomic E-state index is 12.6. The summed E-state index contributed by atoms with van der Waals surface area (Å²) in [7, 11) is 1.63. The molecule has 0 heterocycles. The normalized spacial score (nSPS) is 10.5. The highest BCUT2D eigenvalue weighted by Crippen LogP contribution is 2.31. The first-order valence-corrected chi connectivity index (χ1v) is 12.2. The van der Waals surface area contributed by atoms with E-state index in [1.807, 2.05) is 72.8 Å². The second-order valence-electron chi connectivity index (χ2n) is 8.29. The fourth-order valence-electron chi connectivity index (χ4n) is 3.67. The fraction of sp³-hybridized carbons (Fsp3) is 0.0312. The van der Waals surface area contributed by atoms with Gasteiger partial charge in [0.2, 0.25) is 0 Å².